The zero-order valence-corrected chi connectivity index (χ0v) is 18.1. The highest BCUT2D eigenvalue weighted by atomic mass is 35.5. The number of hydrogen-bond acceptors (Lipinski definition) is 5. The number of aryl methyl sites for hydroxylation is 2. The van der Waals surface area contributed by atoms with Crippen LogP contribution in [0.1, 0.15) is 17.8 Å². The molecular weight excluding hydrogens is 419 g/mol. The molecule has 3 aromatic rings. The van der Waals surface area contributed by atoms with E-state index in [1.807, 2.05) is 6.92 Å². The number of rotatable bonds is 8. The molecule has 6 nitrogen and oxygen atoms in total. The number of nitrogens with zero attached hydrogens (tertiary/aromatic N) is 3. The highest BCUT2D eigenvalue weighted by Gasteiger charge is 2.16. The first-order valence-electron chi connectivity index (χ1n) is 8.85. The molecule has 0 saturated heterocycles. The summed E-state index contributed by atoms with van der Waals surface area (Å²) >= 11 is 12.1. The van der Waals surface area contributed by atoms with Gasteiger partial charge in [-0.05, 0) is 37.1 Å². The Morgan fingerprint density at radius 1 is 1.32 bits per heavy atom. The second-order valence-electron chi connectivity index (χ2n) is 6.42. The lowest BCUT2D eigenvalue weighted by Gasteiger charge is -2.11. The van der Waals surface area contributed by atoms with E-state index < -0.39 is 10.8 Å². The van der Waals surface area contributed by atoms with Crippen molar-refractivity contribution in [1.82, 2.24) is 14.5 Å². The zero-order chi connectivity index (χ0) is 20.3. The molecule has 0 bridgehead atoms. The molecule has 0 aliphatic carbocycles. The van der Waals surface area contributed by atoms with Gasteiger partial charge < -0.3 is 15.0 Å². The van der Waals surface area contributed by atoms with Crippen LogP contribution in [-0.4, -0.2) is 38.2 Å². The van der Waals surface area contributed by atoms with Crippen molar-refractivity contribution in [2.45, 2.75) is 31.2 Å². The van der Waals surface area contributed by atoms with E-state index in [4.69, 9.17) is 33.7 Å². The van der Waals surface area contributed by atoms with Crippen molar-refractivity contribution in [1.29, 1.82) is 0 Å². The Labute approximate surface area is 176 Å². The fraction of sp³-hybridized carbons (Fsp3) is 0.368. The number of imidazole rings is 1. The van der Waals surface area contributed by atoms with E-state index in [2.05, 4.69) is 14.5 Å². The van der Waals surface area contributed by atoms with Crippen LogP contribution in [0.15, 0.2) is 29.3 Å². The highest BCUT2D eigenvalue weighted by Crippen LogP contribution is 2.26. The van der Waals surface area contributed by atoms with Gasteiger partial charge in [-0.2, -0.15) is 0 Å². The van der Waals surface area contributed by atoms with Gasteiger partial charge in [0.15, 0.2) is 5.82 Å². The van der Waals surface area contributed by atoms with E-state index in [0.29, 0.717) is 58.0 Å². The maximum atomic E-state index is 12.7. The van der Waals surface area contributed by atoms with Crippen molar-refractivity contribution in [2.24, 2.45) is 0 Å². The third-order valence-corrected chi connectivity index (χ3v) is 6.61. The molecule has 1 aromatic carbocycles. The van der Waals surface area contributed by atoms with Crippen molar-refractivity contribution in [3.05, 3.63) is 45.8 Å². The van der Waals surface area contributed by atoms with Crippen LogP contribution >= 0.6 is 23.2 Å². The van der Waals surface area contributed by atoms with Gasteiger partial charge in [-0.3, -0.25) is 4.21 Å². The summed E-state index contributed by atoms with van der Waals surface area (Å²) in [5.74, 6) is 1.77. The number of nitrogens with two attached hydrogens (primary N) is 1. The van der Waals surface area contributed by atoms with Crippen LogP contribution in [0, 0.1) is 6.92 Å². The quantitative estimate of drug-likeness (QED) is 0.571. The molecule has 2 heterocycles. The SMILES string of the molecule is COCCc1nc2c(N)ncc(C)c2n1CCCS(=O)c1ccc(Cl)cc1Cl. The third-order valence-electron chi connectivity index (χ3n) is 4.44. The Morgan fingerprint density at radius 2 is 2.11 bits per heavy atom. The summed E-state index contributed by atoms with van der Waals surface area (Å²) in [5, 5.41) is 0.953. The van der Waals surface area contributed by atoms with Crippen LogP contribution in [-0.2, 0) is 28.5 Å². The van der Waals surface area contributed by atoms with Gasteiger partial charge >= 0.3 is 0 Å². The second kappa shape index (κ2) is 9.22. The summed E-state index contributed by atoms with van der Waals surface area (Å²) in [7, 11) is 0.454. The molecular formula is C19H22Cl2N4O2S. The molecule has 0 radical (unpaired) electrons. The number of anilines is 1. The fourth-order valence-electron chi connectivity index (χ4n) is 3.11. The topological polar surface area (TPSA) is 83.0 Å². The van der Waals surface area contributed by atoms with E-state index in [0.717, 1.165) is 16.9 Å². The first kappa shape index (κ1) is 21.0. The van der Waals surface area contributed by atoms with Crippen molar-refractivity contribution in [3.8, 4) is 0 Å². The second-order valence-corrected chi connectivity index (χ2v) is 8.81. The molecule has 150 valence electrons. The summed E-state index contributed by atoms with van der Waals surface area (Å²) < 4.78 is 20.0. The first-order valence-corrected chi connectivity index (χ1v) is 10.9. The lowest BCUT2D eigenvalue weighted by molar-refractivity contribution is 0.199. The van der Waals surface area contributed by atoms with Gasteiger partial charge in [-0.1, -0.05) is 23.2 Å². The number of nitrogen functional groups attached to an aromatic ring is 1. The van der Waals surface area contributed by atoms with E-state index in [1.165, 1.54) is 0 Å². The number of hydrogen-bond donors (Lipinski definition) is 1. The van der Waals surface area contributed by atoms with Gasteiger partial charge in [-0.25, -0.2) is 9.97 Å². The Hall–Kier alpha value is -1.67. The van der Waals surface area contributed by atoms with Gasteiger partial charge in [0.2, 0.25) is 0 Å². The van der Waals surface area contributed by atoms with Gasteiger partial charge in [-0.15, -0.1) is 0 Å². The zero-order valence-electron chi connectivity index (χ0n) is 15.7. The standard InChI is InChI=1S/C19H22Cl2N4O2S/c1-12-11-23-19(22)17-18(12)25(16(24-17)6-8-27-2)7-3-9-28(26)15-5-4-13(20)10-14(15)21/h4-5,10-11H,3,6-9H2,1-2H3,(H2,22,23). The molecule has 0 saturated carbocycles. The Bertz CT molecular complexity index is 1020. The van der Waals surface area contributed by atoms with Crippen molar-refractivity contribution >= 4 is 50.9 Å². The largest absolute Gasteiger partial charge is 0.384 e. The molecule has 3 rings (SSSR count). The van der Waals surface area contributed by atoms with Crippen LogP contribution in [0.4, 0.5) is 5.82 Å². The highest BCUT2D eigenvalue weighted by molar-refractivity contribution is 7.85. The maximum Gasteiger partial charge on any atom is 0.151 e. The van der Waals surface area contributed by atoms with Crippen LogP contribution in [0.2, 0.25) is 10.0 Å². The number of halogens is 2. The van der Waals surface area contributed by atoms with E-state index in [9.17, 15) is 4.21 Å². The van der Waals surface area contributed by atoms with Crippen molar-refractivity contribution in [3.63, 3.8) is 0 Å². The number of benzene rings is 1. The molecule has 28 heavy (non-hydrogen) atoms. The van der Waals surface area contributed by atoms with Gasteiger partial charge in [0, 0.05) is 37.0 Å². The smallest absolute Gasteiger partial charge is 0.151 e. The van der Waals surface area contributed by atoms with E-state index >= 15 is 0 Å². The minimum Gasteiger partial charge on any atom is -0.384 e. The average molecular weight is 441 g/mol. The minimum atomic E-state index is -1.21. The molecule has 0 aliphatic heterocycles. The predicted molar refractivity (Wildman–Crippen MR) is 115 cm³/mol. The van der Waals surface area contributed by atoms with Crippen LogP contribution in [0.5, 0.6) is 0 Å². The predicted octanol–water partition coefficient (Wildman–Crippen LogP) is 4.02. The summed E-state index contributed by atoms with van der Waals surface area (Å²) in [5.41, 5.74) is 8.70. The monoisotopic (exact) mass is 440 g/mol. The van der Waals surface area contributed by atoms with Crippen molar-refractivity contribution in [2.75, 3.05) is 25.2 Å². The normalized spacial score (nSPS) is 12.6. The molecule has 2 N–H and O–H groups in total. The molecule has 0 amide bonds. The van der Waals surface area contributed by atoms with E-state index in [-0.39, 0.29) is 0 Å². The number of pyridine rings is 1. The average Bonchev–Trinajstić information content (AvgIpc) is 3.02. The molecule has 0 aliphatic rings. The Balaban J connectivity index is 1.81. The van der Waals surface area contributed by atoms with Gasteiger partial charge in [0.25, 0.3) is 0 Å². The number of aromatic nitrogens is 3. The van der Waals surface area contributed by atoms with Crippen LogP contribution < -0.4 is 5.73 Å². The summed E-state index contributed by atoms with van der Waals surface area (Å²) in [6.07, 6.45) is 3.11. The third kappa shape index (κ3) is 4.49. The first-order chi connectivity index (χ1) is 13.4. The number of ether oxygens (including phenoxy) is 1. The molecule has 1 unspecified atom stereocenters. The molecule has 2 aromatic heterocycles. The summed E-state index contributed by atoms with van der Waals surface area (Å²) in [6, 6.07) is 5.03. The lowest BCUT2D eigenvalue weighted by Crippen LogP contribution is -2.10. The number of fused-ring (bicyclic) bond motifs is 1. The summed E-state index contributed by atoms with van der Waals surface area (Å²) in [6.45, 7) is 3.21. The lowest BCUT2D eigenvalue weighted by atomic mass is 10.2. The number of methoxy groups -OCH3 is 1. The van der Waals surface area contributed by atoms with E-state index in [1.54, 1.807) is 31.5 Å². The molecule has 0 spiro atoms. The fourth-order valence-corrected chi connectivity index (χ4v) is 4.89. The maximum absolute atomic E-state index is 12.7. The van der Waals surface area contributed by atoms with Gasteiger partial charge in [0.05, 0.1) is 32.8 Å². The summed E-state index contributed by atoms with van der Waals surface area (Å²) in [4.78, 5) is 9.48. The van der Waals surface area contributed by atoms with Gasteiger partial charge in [0.1, 0.15) is 11.3 Å². The Kier molecular flexibility index (Phi) is 6.93. The molecule has 0 fully saturated rings. The van der Waals surface area contributed by atoms with Crippen LogP contribution in [0.25, 0.3) is 11.0 Å². The Morgan fingerprint density at radius 3 is 2.82 bits per heavy atom. The molecule has 9 heteroatoms. The molecule has 1 atom stereocenters. The minimum absolute atomic E-state index is 0.412. The van der Waals surface area contributed by atoms with Crippen molar-refractivity contribution < 1.29 is 8.95 Å². The van der Waals surface area contributed by atoms with Crippen LogP contribution in [0.3, 0.4) is 0 Å².